The number of hydrogen-bond acceptors (Lipinski definition) is 3. The van der Waals surface area contributed by atoms with E-state index in [1.54, 1.807) is 6.20 Å². The van der Waals surface area contributed by atoms with Gasteiger partial charge in [0.15, 0.2) is 0 Å². The Morgan fingerprint density at radius 3 is 2.78 bits per heavy atom. The SMILES string of the molecule is Cc1cccc(OCCCn2cccn2)c1.Cl.N. The standard InChI is InChI=1S/C13H16N2O.ClH.H3N/c1-12-5-2-6-13(11-12)16-10-4-9-15-8-3-7-14-15;;/h2-3,5-8,11H,4,9-10H2,1H3;1H;1H3. The molecule has 18 heavy (non-hydrogen) atoms. The number of aryl methyl sites for hydroxylation is 2. The fourth-order valence-electron chi connectivity index (χ4n) is 1.55. The maximum absolute atomic E-state index is 5.64. The Bertz CT molecular complexity index is 432. The van der Waals surface area contributed by atoms with Crippen molar-refractivity contribution in [1.82, 2.24) is 15.9 Å². The monoisotopic (exact) mass is 269 g/mol. The lowest BCUT2D eigenvalue weighted by Crippen LogP contribution is -2.04. The van der Waals surface area contributed by atoms with Crippen molar-refractivity contribution in [2.45, 2.75) is 19.9 Å². The van der Waals surface area contributed by atoms with Crippen LogP contribution in [-0.4, -0.2) is 16.4 Å². The zero-order valence-corrected chi connectivity index (χ0v) is 11.4. The summed E-state index contributed by atoms with van der Waals surface area (Å²) in [6.07, 6.45) is 4.73. The Kier molecular flexibility index (Phi) is 7.83. The van der Waals surface area contributed by atoms with Crippen molar-refractivity contribution >= 4 is 12.4 Å². The van der Waals surface area contributed by atoms with Gasteiger partial charge in [-0.3, -0.25) is 4.68 Å². The highest BCUT2D eigenvalue weighted by molar-refractivity contribution is 5.85. The van der Waals surface area contributed by atoms with Gasteiger partial charge in [0.05, 0.1) is 6.61 Å². The average Bonchev–Trinajstić information content (AvgIpc) is 2.77. The van der Waals surface area contributed by atoms with Gasteiger partial charge in [0.2, 0.25) is 0 Å². The molecule has 0 spiro atoms. The first-order chi connectivity index (χ1) is 7.84. The number of ether oxygens (including phenoxy) is 1. The molecule has 1 aromatic heterocycles. The fourth-order valence-corrected chi connectivity index (χ4v) is 1.55. The van der Waals surface area contributed by atoms with Gasteiger partial charge in [0, 0.05) is 25.4 Å². The van der Waals surface area contributed by atoms with Crippen LogP contribution in [-0.2, 0) is 6.54 Å². The van der Waals surface area contributed by atoms with E-state index in [9.17, 15) is 0 Å². The van der Waals surface area contributed by atoms with E-state index in [1.807, 2.05) is 35.1 Å². The molecule has 3 N–H and O–H groups in total. The van der Waals surface area contributed by atoms with Gasteiger partial charge in [-0.05, 0) is 30.7 Å². The molecule has 0 saturated carbocycles. The van der Waals surface area contributed by atoms with Gasteiger partial charge in [-0.2, -0.15) is 5.10 Å². The molecular formula is C13H20ClN3O. The smallest absolute Gasteiger partial charge is 0.119 e. The van der Waals surface area contributed by atoms with Gasteiger partial charge in [0.1, 0.15) is 5.75 Å². The number of nitrogens with zero attached hydrogens (tertiary/aromatic N) is 2. The Balaban J connectivity index is 0.00000144. The molecule has 0 radical (unpaired) electrons. The first-order valence-electron chi connectivity index (χ1n) is 5.51. The van der Waals surface area contributed by atoms with Crippen LogP contribution in [0.3, 0.4) is 0 Å². The minimum absolute atomic E-state index is 0. The second-order valence-electron chi connectivity index (χ2n) is 3.79. The van der Waals surface area contributed by atoms with Gasteiger partial charge in [-0.1, -0.05) is 12.1 Å². The first kappa shape index (κ1) is 16.5. The molecule has 1 aromatic carbocycles. The molecule has 100 valence electrons. The van der Waals surface area contributed by atoms with Crippen molar-refractivity contribution in [1.29, 1.82) is 0 Å². The second kappa shape index (κ2) is 8.55. The molecule has 0 aliphatic heterocycles. The third kappa shape index (κ3) is 5.21. The van der Waals surface area contributed by atoms with Crippen molar-refractivity contribution in [3.05, 3.63) is 48.3 Å². The molecule has 2 aromatic rings. The number of hydrogen-bond donors (Lipinski definition) is 1. The van der Waals surface area contributed by atoms with Crippen LogP contribution in [0.5, 0.6) is 5.75 Å². The minimum atomic E-state index is 0. The summed E-state index contributed by atoms with van der Waals surface area (Å²) in [7, 11) is 0. The molecule has 4 nitrogen and oxygen atoms in total. The highest BCUT2D eigenvalue weighted by Gasteiger charge is 1.94. The highest BCUT2D eigenvalue weighted by Crippen LogP contribution is 2.12. The summed E-state index contributed by atoms with van der Waals surface area (Å²) in [6.45, 7) is 3.69. The lowest BCUT2D eigenvalue weighted by molar-refractivity contribution is 0.298. The van der Waals surface area contributed by atoms with Gasteiger partial charge >= 0.3 is 0 Å². The summed E-state index contributed by atoms with van der Waals surface area (Å²) in [5.74, 6) is 0.945. The summed E-state index contributed by atoms with van der Waals surface area (Å²) in [6, 6.07) is 10.0. The Hall–Kier alpha value is -1.52. The van der Waals surface area contributed by atoms with Gasteiger partial charge in [0.25, 0.3) is 0 Å². The van der Waals surface area contributed by atoms with Crippen LogP contribution in [0.15, 0.2) is 42.7 Å². The number of aromatic nitrogens is 2. The van der Waals surface area contributed by atoms with Gasteiger partial charge in [-0.25, -0.2) is 0 Å². The van der Waals surface area contributed by atoms with Gasteiger partial charge in [-0.15, -0.1) is 12.4 Å². The number of halogens is 1. The van der Waals surface area contributed by atoms with Crippen molar-refractivity contribution in [3.8, 4) is 5.75 Å². The zero-order chi connectivity index (χ0) is 11.2. The summed E-state index contributed by atoms with van der Waals surface area (Å²) in [5, 5.41) is 4.14. The van der Waals surface area contributed by atoms with Crippen molar-refractivity contribution < 1.29 is 4.74 Å². The molecule has 5 heteroatoms. The Morgan fingerprint density at radius 2 is 2.11 bits per heavy atom. The van der Waals surface area contributed by atoms with Crippen LogP contribution in [0, 0.1) is 6.92 Å². The summed E-state index contributed by atoms with van der Waals surface area (Å²) >= 11 is 0. The van der Waals surface area contributed by atoms with Gasteiger partial charge < -0.3 is 10.9 Å². The largest absolute Gasteiger partial charge is 0.494 e. The highest BCUT2D eigenvalue weighted by atomic mass is 35.5. The maximum Gasteiger partial charge on any atom is 0.119 e. The molecule has 0 bridgehead atoms. The maximum atomic E-state index is 5.64. The van der Waals surface area contributed by atoms with E-state index in [4.69, 9.17) is 4.74 Å². The molecular weight excluding hydrogens is 250 g/mol. The minimum Gasteiger partial charge on any atom is -0.494 e. The molecule has 0 saturated heterocycles. The van der Waals surface area contributed by atoms with Crippen molar-refractivity contribution in [3.63, 3.8) is 0 Å². The normalized spacial score (nSPS) is 9.17. The predicted octanol–water partition coefficient (Wildman–Crippen LogP) is 3.24. The van der Waals surface area contributed by atoms with E-state index in [-0.39, 0.29) is 18.6 Å². The van der Waals surface area contributed by atoms with E-state index >= 15 is 0 Å². The summed E-state index contributed by atoms with van der Waals surface area (Å²) in [5.41, 5.74) is 1.23. The topological polar surface area (TPSA) is 62.0 Å². The van der Waals surface area contributed by atoms with Crippen molar-refractivity contribution in [2.24, 2.45) is 0 Å². The molecule has 0 amide bonds. The van der Waals surface area contributed by atoms with Crippen LogP contribution in [0.25, 0.3) is 0 Å². The first-order valence-corrected chi connectivity index (χ1v) is 5.51. The molecule has 0 aliphatic rings. The lowest BCUT2D eigenvalue weighted by Gasteiger charge is -2.06. The predicted molar refractivity (Wildman–Crippen MR) is 75.8 cm³/mol. The average molecular weight is 270 g/mol. The third-order valence-corrected chi connectivity index (χ3v) is 2.35. The zero-order valence-electron chi connectivity index (χ0n) is 10.6. The second-order valence-corrected chi connectivity index (χ2v) is 3.79. The van der Waals surface area contributed by atoms with E-state index in [2.05, 4.69) is 18.1 Å². The molecule has 0 aliphatic carbocycles. The quantitative estimate of drug-likeness (QED) is 0.848. The molecule has 0 atom stereocenters. The van der Waals surface area contributed by atoms with Crippen LogP contribution in [0.1, 0.15) is 12.0 Å². The van der Waals surface area contributed by atoms with E-state index in [0.29, 0.717) is 0 Å². The molecule has 0 fully saturated rings. The summed E-state index contributed by atoms with van der Waals surface area (Å²) in [4.78, 5) is 0. The van der Waals surface area contributed by atoms with Crippen LogP contribution in [0.4, 0.5) is 0 Å². The van der Waals surface area contributed by atoms with E-state index in [1.165, 1.54) is 5.56 Å². The number of benzene rings is 1. The number of rotatable bonds is 5. The fraction of sp³-hybridized carbons (Fsp3) is 0.308. The molecule has 0 unspecified atom stereocenters. The third-order valence-electron chi connectivity index (χ3n) is 2.35. The van der Waals surface area contributed by atoms with Crippen LogP contribution < -0.4 is 10.9 Å². The van der Waals surface area contributed by atoms with Crippen LogP contribution in [0.2, 0.25) is 0 Å². The molecule has 2 rings (SSSR count). The van der Waals surface area contributed by atoms with E-state index < -0.39 is 0 Å². The lowest BCUT2D eigenvalue weighted by atomic mass is 10.2. The summed E-state index contributed by atoms with van der Waals surface area (Å²) < 4.78 is 7.56. The molecule has 1 heterocycles. The van der Waals surface area contributed by atoms with Crippen LogP contribution >= 0.6 is 12.4 Å². The Labute approximate surface area is 114 Å². The van der Waals surface area contributed by atoms with Crippen molar-refractivity contribution in [2.75, 3.05) is 6.61 Å². The Morgan fingerprint density at radius 1 is 1.28 bits per heavy atom. The van der Waals surface area contributed by atoms with E-state index in [0.717, 1.165) is 25.3 Å².